The summed E-state index contributed by atoms with van der Waals surface area (Å²) in [6.07, 6.45) is 0. The third kappa shape index (κ3) is 3.57. The standard InChI is InChI=1S/C11H17N3O4/c1-18-7-5-13(4-6-15)11-3-2-9(14(16)17)8-10(11)12/h2-3,8,15H,4-7,12H2,1H3. The molecule has 0 heterocycles. The molecule has 1 aromatic rings. The van der Waals surface area contributed by atoms with Crippen molar-refractivity contribution >= 4 is 17.1 Å². The van der Waals surface area contributed by atoms with E-state index < -0.39 is 4.92 Å². The van der Waals surface area contributed by atoms with Crippen LogP contribution in [0.1, 0.15) is 0 Å². The number of hydrogen-bond acceptors (Lipinski definition) is 6. The zero-order chi connectivity index (χ0) is 13.5. The molecule has 1 rings (SSSR count). The fourth-order valence-electron chi connectivity index (χ4n) is 1.62. The van der Waals surface area contributed by atoms with Crippen molar-refractivity contribution in [2.45, 2.75) is 0 Å². The van der Waals surface area contributed by atoms with E-state index in [1.165, 1.54) is 12.1 Å². The van der Waals surface area contributed by atoms with Gasteiger partial charge in [0.1, 0.15) is 0 Å². The van der Waals surface area contributed by atoms with Gasteiger partial charge >= 0.3 is 0 Å². The van der Waals surface area contributed by atoms with Crippen molar-refractivity contribution in [1.82, 2.24) is 0 Å². The van der Waals surface area contributed by atoms with Crippen LogP contribution in [-0.4, -0.2) is 43.4 Å². The van der Waals surface area contributed by atoms with E-state index in [4.69, 9.17) is 15.6 Å². The maximum absolute atomic E-state index is 10.6. The molecule has 0 radical (unpaired) electrons. The molecule has 0 aliphatic rings. The predicted octanol–water partition coefficient (Wildman–Crippen LogP) is 0.622. The summed E-state index contributed by atoms with van der Waals surface area (Å²) in [6, 6.07) is 4.29. The number of non-ortho nitro benzene ring substituents is 1. The highest BCUT2D eigenvalue weighted by atomic mass is 16.6. The van der Waals surface area contributed by atoms with Crippen LogP contribution in [0.25, 0.3) is 0 Å². The molecule has 3 N–H and O–H groups in total. The van der Waals surface area contributed by atoms with Crippen LogP contribution in [0.5, 0.6) is 0 Å². The van der Waals surface area contributed by atoms with Crippen LogP contribution in [0.15, 0.2) is 18.2 Å². The zero-order valence-electron chi connectivity index (χ0n) is 10.2. The van der Waals surface area contributed by atoms with Gasteiger partial charge in [0.25, 0.3) is 5.69 Å². The molecule has 0 saturated carbocycles. The Balaban J connectivity index is 2.93. The Morgan fingerprint density at radius 1 is 1.50 bits per heavy atom. The molecule has 7 nitrogen and oxygen atoms in total. The van der Waals surface area contributed by atoms with Gasteiger partial charge < -0.3 is 20.5 Å². The average Bonchev–Trinajstić information content (AvgIpc) is 2.34. The van der Waals surface area contributed by atoms with Crippen molar-refractivity contribution in [3.8, 4) is 0 Å². The molecule has 1 aromatic carbocycles. The molecule has 0 amide bonds. The van der Waals surface area contributed by atoms with E-state index in [-0.39, 0.29) is 12.3 Å². The molecule has 0 aliphatic heterocycles. The van der Waals surface area contributed by atoms with Crippen LogP contribution >= 0.6 is 0 Å². The minimum atomic E-state index is -0.494. The maximum Gasteiger partial charge on any atom is 0.271 e. The fourth-order valence-corrected chi connectivity index (χ4v) is 1.62. The molecule has 0 spiro atoms. The van der Waals surface area contributed by atoms with E-state index >= 15 is 0 Å². The summed E-state index contributed by atoms with van der Waals surface area (Å²) in [5.41, 5.74) is 6.72. The summed E-state index contributed by atoms with van der Waals surface area (Å²) in [6.45, 7) is 1.40. The number of nitrogens with two attached hydrogens (primary N) is 1. The first-order chi connectivity index (χ1) is 8.60. The minimum absolute atomic E-state index is 0.0276. The normalized spacial score (nSPS) is 10.3. The van der Waals surface area contributed by atoms with Gasteiger partial charge in [0.05, 0.1) is 29.5 Å². The van der Waals surface area contributed by atoms with Gasteiger partial charge in [0.15, 0.2) is 0 Å². The number of benzene rings is 1. The predicted molar refractivity (Wildman–Crippen MR) is 68.7 cm³/mol. The summed E-state index contributed by atoms with van der Waals surface area (Å²) in [5.74, 6) is 0. The van der Waals surface area contributed by atoms with Gasteiger partial charge in [-0.2, -0.15) is 0 Å². The third-order valence-electron chi connectivity index (χ3n) is 2.50. The quantitative estimate of drug-likeness (QED) is 0.421. The molecule has 0 saturated heterocycles. The van der Waals surface area contributed by atoms with Crippen LogP contribution in [0.2, 0.25) is 0 Å². The Bertz CT molecular complexity index is 411. The van der Waals surface area contributed by atoms with Crippen LogP contribution in [0.3, 0.4) is 0 Å². The number of methoxy groups -OCH3 is 1. The van der Waals surface area contributed by atoms with Crippen LogP contribution in [-0.2, 0) is 4.74 Å². The van der Waals surface area contributed by atoms with Gasteiger partial charge in [0.2, 0.25) is 0 Å². The monoisotopic (exact) mass is 255 g/mol. The second-order valence-corrected chi connectivity index (χ2v) is 3.70. The number of hydrogen-bond donors (Lipinski definition) is 2. The number of nitrogen functional groups attached to an aromatic ring is 1. The van der Waals surface area contributed by atoms with Gasteiger partial charge in [-0.05, 0) is 6.07 Å². The Hall–Kier alpha value is -1.86. The van der Waals surface area contributed by atoms with Crippen LogP contribution in [0.4, 0.5) is 17.1 Å². The van der Waals surface area contributed by atoms with Gasteiger partial charge in [-0.3, -0.25) is 10.1 Å². The molecule has 7 heteroatoms. The molecular weight excluding hydrogens is 238 g/mol. The van der Waals surface area contributed by atoms with Crippen molar-refractivity contribution in [2.24, 2.45) is 0 Å². The van der Waals surface area contributed by atoms with Crippen LogP contribution in [0, 0.1) is 10.1 Å². The average molecular weight is 255 g/mol. The Morgan fingerprint density at radius 2 is 2.22 bits per heavy atom. The van der Waals surface area contributed by atoms with Gasteiger partial charge in [0, 0.05) is 32.3 Å². The number of rotatable bonds is 7. The summed E-state index contributed by atoms with van der Waals surface area (Å²) in [4.78, 5) is 11.9. The largest absolute Gasteiger partial charge is 0.397 e. The number of aliphatic hydroxyl groups is 1. The number of ether oxygens (including phenoxy) is 1. The highest BCUT2D eigenvalue weighted by molar-refractivity contribution is 5.70. The molecule has 0 atom stereocenters. The lowest BCUT2D eigenvalue weighted by Crippen LogP contribution is -2.30. The number of aliphatic hydroxyl groups excluding tert-OH is 1. The molecule has 0 unspecified atom stereocenters. The lowest BCUT2D eigenvalue weighted by molar-refractivity contribution is -0.384. The minimum Gasteiger partial charge on any atom is -0.397 e. The van der Waals surface area contributed by atoms with Crippen LogP contribution < -0.4 is 10.6 Å². The van der Waals surface area contributed by atoms with E-state index in [9.17, 15) is 10.1 Å². The zero-order valence-corrected chi connectivity index (χ0v) is 10.2. The molecule has 0 aliphatic carbocycles. The molecule has 18 heavy (non-hydrogen) atoms. The lowest BCUT2D eigenvalue weighted by atomic mass is 10.2. The first kappa shape index (κ1) is 14.2. The molecule has 100 valence electrons. The van der Waals surface area contributed by atoms with Crippen molar-refractivity contribution in [1.29, 1.82) is 0 Å². The van der Waals surface area contributed by atoms with Crippen molar-refractivity contribution in [3.63, 3.8) is 0 Å². The topological polar surface area (TPSA) is 102 Å². The number of anilines is 2. The lowest BCUT2D eigenvalue weighted by Gasteiger charge is -2.24. The van der Waals surface area contributed by atoms with E-state index in [0.29, 0.717) is 31.1 Å². The maximum atomic E-state index is 10.6. The van der Waals surface area contributed by atoms with Gasteiger partial charge in [-0.15, -0.1) is 0 Å². The Labute approximate surface area is 105 Å². The second-order valence-electron chi connectivity index (χ2n) is 3.70. The summed E-state index contributed by atoms with van der Waals surface area (Å²) in [5, 5.41) is 19.6. The van der Waals surface area contributed by atoms with Gasteiger partial charge in [-0.25, -0.2) is 0 Å². The first-order valence-corrected chi connectivity index (χ1v) is 5.48. The number of nitro benzene ring substituents is 1. The summed E-state index contributed by atoms with van der Waals surface area (Å²) < 4.78 is 4.97. The molecule has 0 aromatic heterocycles. The van der Waals surface area contributed by atoms with E-state index in [2.05, 4.69) is 0 Å². The first-order valence-electron chi connectivity index (χ1n) is 5.48. The third-order valence-corrected chi connectivity index (χ3v) is 2.50. The molecule has 0 bridgehead atoms. The van der Waals surface area contributed by atoms with E-state index in [1.54, 1.807) is 13.2 Å². The molecule has 0 fully saturated rings. The SMILES string of the molecule is COCCN(CCO)c1ccc([N+](=O)[O-])cc1N. The number of nitro groups is 1. The molecular formula is C11H17N3O4. The van der Waals surface area contributed by atoms with E-state index in [0.717, 1.165) is 0 Å². The smallest absolute Gasteiger partial charge is 0.271 e. The Kier molecular flexibility index (Phi) is 5.34. The Morgan fingerprint density at radius 3 is 2.72 bits per heavy atom. The second kappa shape index (κ2) is 6.77. The number of nitrogens with zero attached hydrogens (tertiary/aromatic N) is 2. The van der Waals surface area contributed by atoms with Crippen molar-refractivity contribution < 1.29 is 14.8 Å². The van der Waals surface area contributed by atoms with Crippen molar-refractivity contribution in [3.05, 3.63) is 28.3 Å². The van der Waals surface area contributed by atoms with Gasteiger partial charge in [-0.1, -0.05) is 0 Å². The highest BCUT2D eigenvalue weighted by Crippen LogP contribution is 2.27. The fraction of sp³-hybridized carbons (Fsp3) is 0.455. The van der Waals surface area contributed by atoms with Crippen molar-refractivity contribution in [2.75, 3.05) is 44.0 Å². The summed E-state index contributed by atoms with van der Waals surface area (Å²) >= 11 is 0. The highest BCUT2D eigenvalue weighted by Gasteiger charge is 2.13. The van der Waals surface area contributed by atoms with E-state index in [1.807, 2.05) is 4.90 Å². The summed E-state index contributed by atoms with van der Waals surface area (Å²) in [7, 11) is 1.58.